The third-order valence-corrected chi connectivity index (χ3v) is 6.23. The number of nitrogens with zero attached hydrogens (tertiary/aromatic N) is 5. The summed E-state index contributed by atoms with van der Waals surface area (Å²) in [5, 5.41) is 6.40. The minimum Gasteiger partial charge on any atom is -0.396 e. The fourth-order valence-corrected chi connectivity index (χ4v) is 4.44. The van der Waals surface area contributed by atoms with Gasteiger partial charge in [0.25, 0.3) is 0 Å². The van der Waals surface area contributed by atoms with Crippen LogP contribution >= 0.6 is 0 Å². The monoisotopic (exact) mass is 400 g/mol. The summed E-state index contributed by atoms with van der Waals surface area (Å²) in [6, 6.07) is 2.46. The molecule has 0 spiro atoms. The summed E-state index contributed by atoms with van der Waals surface area (Å²) >= 11 is 0. The Hall–Kier alpha value is -2.35. The van der Waals surface area contributed by atoms with E-state index in [4.69, 9.17) is 15.5 Å². The maximum atomic E-state index is 12.4. The Balaban J connectivity index is 1.53. The molecule has 1 saturated heterocycles. The molecule has 2 fully saturated rings. The fraction of sp³-hybridized carbons (Fsp3) is 0.667. The van der Waals surface area contributed by atoms with Crippen LogP contribution in [0.1, 0.15) is 55.8 Å². The van der Waals surface area contributed by atoms with E-state index in [1.807, 2.05) is 23.2 Å². The number of nitrogen functional groups attached to an aromatic ring is 1. The Morgan fingerprint density at radius 1 is 1.34 bits per heavy atom. The minimum absolute atomic E-state index is 0.118. The van der Waals surface area contributed by atoms with Crippen LogP contribution < -0.4 is 10.6 Å². The number of hydrogen-bond acceptors (Lipinski definition) is 7. The van der Waals surface area contributed by atoms with Crippen molar-refractivity contribution < 1.29 is 9.53 Å². The highest BCUT2D eigenvalue weighted by molar-refractivity contribution is 5.77. The van der Waals surface area contributed by atoms with Crippen LogP contribution in [0, 0.1) is 0 Å². The first-order valence-electron chi connectivity index (χ1n) is 10.6. The summed E-state index contributed by atoms with van der Waals surface area (Å²) in [6.45, 7) is 4.73. The molecule has 158 valence electrons. The van der Waals surface area contributed by atoms with Gasteiger partial charge in [-0.2, -0.15) is 5.10 Å². The van der Waals surface area contributed by atoms with Gasteiger partial charge in [-0.3, -0.25) is 9.80 Å². The van der Waals surface area contributed by atoms with E-state index < -0.39 is 0 Å². The van der Waals surface area contributed by atoms with Crippen molar-refractivity contribution >= 4 is 23.6 Å². The van der Waals surface area contributed by atoms with Gasteiger partial charge in [0.05, 0.1) is 30.5 Å². The lowest BCUT2D eigenvalue weighted by Gasteiger charge is -2.41. The molecule has 4 rings (SSSR count). The highest BCUT2D eigenvalue weighted by Crippen LogP contribution is 2.45. The van der Waals surface area contributed by atoms with Crippen molar-refractivity contribution in [3.8, 4) is 0 Å². The molecular formula is C21H32N6O2. The van der Waals surface area contributed by atoms with E-state index in [0.29, 0.717) is 25.5 Å². The number of methoxy groups -OCH3 is 1. The first-order valence-corrected chi connectivity index (χ1v) is 10.6. The standard InChI is InChI=1S/C21H32N6O2/c1-14-13-26(9-10-27(14)19(28)7-11-29-3)21-17(22)12-16(18-6-8-23-25(18)2)20(24-21)15-4-5-15/h8,12,14-15,18H,4-7,9-11,13,22H2,1-3H3/t14-,18?/m1/s1. The van der Waals surface area contributed by atoms with Crippen LogP contribution in [-0.4, -0.2) is 73.5 Å². The molecule has 1 amide bonds. The van der Waals surface area contributed by atoms with Crippen molar-refractivity contribution in [2.24, 2.45) is 5.10 Å². The third kappa shape index (κ3) is 4.03. The minimum atomic E-state index is 0.118. The topological polar surface area (TPSA) is 87.3 Å². The molecule has 8 nitrogen and oxygen atoms in total. The second-order valence-corrected chi connectivity index (χ2v) is 8.40. The van der Waals surface area contributed by atoms with E-state index in [-0.39, 0.29) is 18.0 Å². The quantitative estimate of drug-likeness (QED) is 0.786. The summed E-state index contributed by atoms with van der Waals surface area (Å²) in [5.41, 5.74) is 9.62. The summed E-state index contributed by atoms with van der Waals surface area (Å²) in [5.74, 6) is 1.55. The highest BCUT2D eigenvalue weighted by Gasteiger charge is 2.35. The number of hydrazone groups is 1. The lowest BCUT2D eigenvalue weighted by atomic mass is 9.99. The van der Waals surface area contributed by atoms with E-state index in [2.05, 4.69) is 23.0 Å². The number of carbonyl (C=O) groups is 1. The number of hydrogen-bond donors (Lipinski definition) is 1. The molecule has 1 aliphatic carbocycles. The van der Waals surface area contributed by atoms with Crippen molar-refractivity contribution in [3.05, 3.63) is 17.3 Å². The molecule has 1 aromatic heterocycles. The summed E-state index contributed by atoms with van der Waals surface area (Å²) in [6.07, 6.45) is 5.68. The normalized spacial score (nSPS) is 24.4. The van der Waals surface area contributed by atoms with Gasteiger partial charge < -0.3 is 20.3 Å². The number of anilines is 2. The Morgan fingerprint density at radius 3 is 2.76 bits per heavy atom. The average Bonchev–Trinajstić information content (AvgIpc) is 3.46. The van der Waals surface area contributed by atoms with Crippen LogP contribution in [0.15, 0.2) is 11.2 Å². The maximum Gasteiger partial charge on any atom is 0.225 e. The van der Waals surface area contributed by atoms with Crippen molar-refractivity contribution in [1.82, 2.24) is 14.9 Å². The third-order valence-electron chi connectivity index (χ3n) is 6.23. The first-order chi connectivity index (χ1) is 14.0. The molecule has 0 aromatic carbocycles. The maximum absolute atomic E-state index is 12.4. The Labute approximate surface area is 172 Å². The lowest BCUT2D eigenvalue weighted by Crippen LogP contribution is -2.54. The fourth-order valence-electron chi connectivity index (χ4n) is 4.44. The SMILES string of the molecule is COCCC(=O)N1CCN(c2nc(C3CC3)c(C3CC=NN3C)cc2N)C[C@H]1C. The number of piperazine rings is 1. The predicted molar refractivity (Wildman–Crippen MR) is 114 cm³/mol. The van der Waals surface area contributed by atoms with Gasteiger partial charge in [0.2, 0.25) is 5.91 Å². The van der Waals surface area contributed by atoms with Gasteiger partial charge in [-0.25, -0.2) is 4.98 Å². The number of carbonyl (C=O) groups excluding carboxylic acids is 1. The van der Waals surface area contributed by atoms with E-state index in [9.17, 15) is 4.79 Å². The zero-order chi connectivity index (χ0) is 20.5. The zero-order valence-corrected chi connectivity index (χ0v) is 17.7. The molecular weight excluding hydrogens is 368 g/mol. The molecule has 2 N–H and O–H groups in total. The van der Waals surface area contributed by atoms with Gasteiger partial charge >= 0.3 is 0 Å². The van der Waals surface area contributed by atoms with Crippen LogP contribution in [0.5, 0.6) is 0 Å². The molecule has 29 heavy (non-hydrogen) atoms. The van der Waals surface area contributed by atoms with Gasteiger partial charge in [-0.05, 0) is 25.8 Å². The van der Waals surface area contributed by atoms with E-state index in [1.54, 1.807) is 7.11 Å². The van der Waals surface area contributed by atoms with Crippen LogP contribution in [0.3, 0.4) is 0 Å². The van der Waals surface area contributed by atoms with Crippen LogP contribution in [0.4, 0.5) is 11.5 Å². The largest absolute Gasteiger partial charge is 0.396 e. The smallest absolute Gasteiger partial charge is 0.225 e. The van der Waals surface area contributed by atoms with Crippen molar-refractivity contribution in [3.63, 3.8) is 0 Å². The van der Waals surface area contributed by atoms with Crippen LogP contribution in [0.25, 0.3) is 0 Å². The summed E-state index contributed by atoms with van der Waals surface area (Å²) in [4.78, 5) is 21.7. The van der Waals surface area contributed by atoms with E-state index in [0.717, 1.165) is 31.0 Å². The number of rotatable bonds is 6. The van der Waals surface area contributed by atoms with Crippen molar-refractivity contribution in [2.75, 3.05) is 51.0 Å². The molecule has 3 aliphatic rings. The van der Waals surface area contributed by atoms with E-state index in [1.165, 1.54) is 24.1 Å². The zero-order valence-electron chi connectivity index (χ0n) is 17.7. The molecule has 3 heterocycles. The second-order valence-electron chi connectivity index (χ2n) is 8.40. The van der Waals surface area contributed by atoms with Gasteiger partial charge in [0.1, 0.15) is 0 Å². The van der Waals surface area contributed by atoms with Crippen molar-refractivity contribution in [2.45, 2.75) is 50.6 Å². The average molecular weight is 401 g/mol. The molecule has 1 unspecified atom stereocenters. The van der Waals surface area contributed by atoms with Crippen LogP contribution in [0.2, 0.25) is 0 Å². The number of pyridine rings is 1. The molecule has 2 atom stereocenters. The summed E-state index contributed by atoms with van der Waals surface area (Å²) in [7, 11) is 3.64. The molecule has 2 aliphatic heterocycles. The van der Waals surface area contributed by atoms with Crippen LogP contribution in [-0.2, 0) is 9.53 Å². The van der Waals surface area contributed by atoms with Crippen molar-refractivity contribution in [1.29, 1.82) is 0 Å². The lowest BCUT2D eigenvalue weighted by molar-refractivity contribution is -0.134. The van der Waals surface area contributed by atoms with Gasteiger partial charge in [-0.1, -0.05) is 0 Å². The molecule has 1 aromatic rings. The molecule has 8 heteroatoms. The molecule has 0 bridgehead atoms. The van der Waals surface area contributed by atoms with Gasteiger partial charge in [0, 0.05) is 64.0 Å². The second kappa shape index (κ2) is 8.18. The van der Waals surface area contributed by atoms with Gasteiger partial charge in [0.15, 0.2) is 5.82 Å². The highest BCUT2D eigenvalue weighted by atomic mass is 16.5. The number of nitrogens with two attached hydrogens (primary N) is 1. The Bertz CT molecular complexity index is 794. The number of amides is 1. The molecule has 0 radical (unpaired) electrons. The number of ether oxygens (including phenoxy) is 1. The molecule has 1 saturated carbocycles. The summed E-state index contributed by atoms with van der Waals surface area (Å²) < 4.78 is 5.05. The predicted octanol–water partition coefficient (Wildman–Crippen LogP) is 1.98. The Morgan fingerprint density at radius 2 is 2.14 bits per heavy atom. The number of aromatic nitrogens is 1. The van der Waals surface area contributed by atoms with Gasteiger partial charge in [-0.15, -0.1) is 0 Å². The van der Waals surface area contributed by atoms with E-state index >= 15 is 0 Å². The Kier molecular flexibility index (Phi) is 5.63. The first kappa shape index (κ1) is 19.9.